The van der Waals surface area contributed by atoms with E-state index in [-0.39, 0.29) is 5.91 Å². The number of nitrogens with one attached hydrogen (secondary N) is 2. The van der Waals surface area contributed by atoms with E-state index in [0.717, 1.165) is 25.8 Å². The minimum absolute atomic E-state index is 0.171. The number of rotatable bonds is 6. The van der Waals surface area contributed by atoms with Crippen molar-refractivity contribution in [3.8, 4) is 0 Å². The SMILES string of the molecule is CN1CCC(CCNC(=O)c2cccc(NS(C)(=O)=O)c2)CC1. The molecule has 0 spiro atoms. The van der Waals surface area contributed by atoms with Crippen LogP contribution in [-0.2, 0) is 10.0 Å². The van der Waals surface area contributed by atoms with Crippen LogP contribution in [0.25, 0.3) is 0 Å². The maximum absolute atomic E-state index is 12.2. The molecule has 1 aliphatic heterocycles. The highest BCUT2D eigenvalue weighted by molar-refractivity contribution is 7.92. The first-order valence-corrected chi connectivity index (χ1v) is 9.77. The Morgan fingerprint density at radius 1 is 1.30 bits per heavy atom. The minimum Gasteiger partial charge on any atom is -0.352 e. The molecule has 2 rings (SSSR count). The van der Waals surface area contributed by atoms with Crippen molar-refractivity contribution in [3.63, 3.8) is 0 Å². The fraction of sp³-hybridized carbons (Fsp3) is 0.562. The van der Waals surface area contributed by atoms with Gasteiger partial charge in [0.2, 0.25) is 10.0 Å². The third-order valence-corrected chi connectivity index (χ3v) is 4.71. The van der Waals surface area contributed by atoms with E-state index in [0.29, 0.717) is 23.7 Å². The Balaban J connectivity index is 1.82. The molecule has 1 aromatic rings. The summed E-state index contributed by atoms with van der Waals surface area (Å²) in [5.74, 6) is 0.500. The molecule has 1 amide bonds. The lowest BCUT2D eigenvalue weighted by Gasteiger charge is -2.28. The topological polar surface area (TPSA) is 78.5 Å². The van der Waals surface area contributed by atoms with E-state index >= 15 is 0 Å². The molecule has 0 atom stereocenters. The molecule has 1 heterocycles. The Morgan fingerprint density at radius 2 is 2.00 bits per heavy atom. The van der Waals surface area contributed by atoms with Crippen molar-refractivity contribution in [2.75, 3.05) is 37.7 Å². The van der Waals surface area contributed by atoms with Gasteiger partial charge in [-0.15, -0.1) is 0 Å². The monoisotopic (exact) mass is 339 g/mol. The molecular weight excluding hydrogens is 314 g/mol. The quantitative estimate of drug-likeness (QED) is 0.824. The van der Waals surface area contributed by atoms with Crippen LogP contribution >= 0.6 is 0 Å². The van der Waals surface area contributed by atoms with Crippen LogP contribution < -0.4 is 10.0 Å². The van der Waals surface area contributed by atoms with Crippen LogP contribution in [0.1, 0.15) is 29.6 Å². The van der Waals surface area contributed by atoms with E-state index in [1.54, 1.807) is 24.3 Å². The average Bonchev–Trinajstić information content (AvgIpc) is 2.48. The van der Waals surface area contributed by atoms with Gasteiger partial charge >= 0.3 is 0 Å². The molecule has 0 radical (unpaired) electrons. The van der Waals surface area contributed by atoms with Crippen LogP contribution in [0.2, 0.25) is 0 Å². The van der Waals surface area contributed by atoms with Gasteiger partial charge in [-0.05, 0) is 63.5 Å². The largest absolute Gasteiger partial charge is 0.352 e. The predicted octanol–water partition coefficient (Wildman–Crippen LogP) is 1.52. The number of carbonyl (C=O) groups is 1. The first-order valence-electron chi connectivity index (χ1n) is 7.88. The molecule has 128 valence electrons. The standard InChI is InChI=1S/C16H25N3O3S/c1-19-10-7-13(8-11-19)6-9-17-16(20)14-4-3-5-15(12-14)18-23(2,21)22/h3-5,12-13,18H,6-11H2,1-2H3,(H,17,20). The maximum atomic E-state index is 12.2. The fourth-order valence-corrected chi connectivity index (χ4v) is 3.34. The number of anilines is 1. The van der Waals surface area contributed by atoms with Crippen molar-refractivity contribution < 1.29 is 13.2 Å². The van der Waals surface area contributed by atoms with Crippen molar-refractivity contribution in [2.24, 2.45) is 5.92 Å². The number of hydrogen-bond acceptors (Lipinski definition) is 4. The molecule has 0 aromatic heterocycles. The maximum Gasteiger partial charge on any atom is 0.251 e. The zero-order valence-electron chi connectivity index (χ0n) is 13.7. The van der Waals surface area contributed by atoms with Gasteiger partial charge in [0.1, 0.15) is 0 Å². The summed E-state index contributed by atoms with van der Waals surface area (Å²) >= 11 is 0. The highest BCUT2D eigenvalue weighted by Gasteiger charge is 2.16. The zero-order chi connectivity index (χ0) is 16.9. The van der Waals surface area contributed by atoms with Crippen molar-refractivity contribution in [1.29, 1.82) is 0 Å². The fourth-order valence-electron chi connectivity index (χ4n) is 2.78. The van der Waals surface area contributed by atoms with Gasteiger partial charge in [0.15, 0.2) is 0 Å². The normalized spacial score (nSPS) is 17.0. The lowest BCUT2D eigenvalue weighted by molar-refractivity contribution is 0.0949. The number of sulfonamides is 1. The van der Waals surface area contributed by atoms with Crippen LogP contribution in [0.4, 0.5) is 5.69 Å². The van der Waals surface area contributed by atoms with Crippen LogP contribution in [0.15, 0.2) is 24.3 Å². The second-order valence-electron chi connectivity index (χ2n) is 6.25. The molecule has 0 aliphatic carbocycles. The third kappa shape index (κ3) is 6.19. The van der Waals surface area contributed by atoms with Gasteiger partial charge in [0.25, 0.3) is 5.91 Å². The first kappa shape index (κ1) is 17.7. The summed E-state index contributed by atoms with van der Waals surface area (Å²) in [6, 6.07) is 6.51. The average molecular weight is 339 g/mol. The van der Waals surface area contributed by atoms with Gasteiger partial charge in [0, 0.05) is 17.8 Å². The van der Waals surface area contributed by atoms with Crippen LogP contribution in [0.5, 0.6) is 0 Å². The molecule has 6 nitrogen and oxygen atoms in total. The highest BCUT2D eigenvalue weighted by atomic mass is 32.2. The number of nitrogens with zero attached hydrogens (tertiary/aromatic N) is 1. The second kappa shape index (κ2) is 7.79. The number of hydrogen-bond donors (Lipinski definition) is 2. The van der Waals surface area contributed by atoms with Gasteiger partial charge in [0.05, 0.1) is 6.26 Å². The summed E-state index contributed by atoms with van der Waals surface area (Å²) in [5.41, 5.74) is 0.859. The Morgan fingerprint density at radius 3 is 2.65 bits per heavy atom. The molecule has 23 heavy (non-hydrogen) atoms. The second-order valence-corrected chi connectivity index (χ2v) is 7.99. The van der Waals surface area contributed by atoms with E-state index < -0.39 is 10.0 Å². The Bertz CT molecular complexity index is 638. The molecule has 1 fully saturated rings. The first-order chi connectivity index (χ1) is 10.8. The van der Waals surface area contributed by atoms with Crippen molar-refractivity contribution in [2.45, 2.75) is 19.3 Å². The van der Waals surface area contributed by atoms with E-state index in [1.165, 1.54) is 12.8 Å². The Kier molecular flexibility index (Phi) is 6.01. The number of piperidine rings is 1. The van der Waals surface area contributed by atoms with Crippen LogP contribution in [-0.4, -0.2) is 52.2 Å². The number of likely N-dealkylation sites (tertiary alicyclic amines) is 1. The van der Waals surface area contributed by atoms with Crippen molar-refractivity contribution in [3.05, 3.63) is 29.8 Å². The lowest BCUT2D eigenvalue weighted by Crippen LogP contribution is -2.32. The molecule has 1 aromatic carbocycles. The van der Waals surface area contributed by atoms with Gasteiger partial charge < -0.3 is 10.2 Å². The smallest absolute Gasteiger partial charge is 0.251 e. The summed E-state index contributed by atoms with van der Waals surface area (Å²) in [6.07, 6.45) is 4.43. The summed E-state index contributed by atoms with van der Waals surface area (Å²) in [4.78, 5) is 14.5. The van der Waals surface area contributed by atoms with Gasteiger partial charge in [-0.3, -0.25) is 9.52 Å². The number of amides is 1. The van der Waals surface area contributed by atoms with Gasteiger partial charge in [-0.2, -0.15) is 0 Å². The summed E-state index contributed by atoms with van der Waals surface area (Å²) < 4.78 is 24.8. The molecule has 7 heteroatoms. The minimum atomic E-state index is -3.34. The number of carbonyl (C=O) groups excluding carboxylic acids is 1. The molecule has 1 saturated heterocycles. The Labute approximate surface area is 138 Å². The highest BCUT2D eigenvalue weighted by Crippen LogP contribution is 2.19. The lowest BCUT2D eigenvalue weighted by atomic mass is 9.94. The molecule has 2 N–H and O–H groups in total. The molecular formula is C16H25N3O3S. The summed E-state index contributed by atoms with van der Waals surface area (Å²) in [5, 5.41) is 2.92. The molecule has 0 bridgehead atoms. The van der Waals surface area contributed by atoms with Gasteiger partial charge in [-0.1, -0.05) is 6.07 Å². The zero-order valence-corrected chi connectivity index (χ0v) is 14.5. The number of benzene rings is 1. The van der Waals surface area contributed by atoms with E-state index in [2.05, 4.69) is 22.0 Å². The predicted molar refractivity (Wildman–Crippen MR) is 92.1 cm³/mol. The molecule has 1 aliphatic rings. The summed E-state index contributed by atoms with van der Waals surface area (Å²) in [7, 11) is -1.21. The Hall–Kier alpha value is -1.60. The van der Waals surface area contributed by atoms with Crippen molar-refractivity contribution >= 4 is 21.6 Å². The third-order valence-electron chi connectivity index (χ3n) is 4.10. The molecule has 0 saturated carbocycles. The van der Waals surface area contributed by atoms with E-state index in [9.17, 15) is 13.2 Å². The van der Waals surface area contributed by atoms with Crippen molar-refractivity contribution in [1.82, 2.24) is 10.2 Å². The van der Waals surface area contributed by atoms with E-state index in [4.69, 9.17) is 0 Å². The van der Waals surface area contributed by atoms with Crippen LogP contribution in [0, 0.1) is 5.92 Å². The van der Waals surface area contributed by atoms with Gasteiger partial charge in [-0.25, -0.2) is 8.42 Å². The summed E-state index contributed by atoms with van der Waals surface area (Å²) in [6.45, 7) is 2.90. The van der Waals surface area contributed by atoms with E-state index in [1.807, 2.05) is 0 Å². The molecule has 0 unspecified atom stereocenters. The van der Waals surface area contributed by atoms with Crippen LogP contribution in [0.3, 0.4) is 0 Å².